The molecule has 0 aliphatic carbocycles. The molecule has 0 N–H and O–H groups in total. The zero-order valence-electron chi connectivity index (χ0n) is 11.5. The van der Waals surface area contributed by atoms with Crippen LogP contribution in [-0.4, -0.2) is 16.2 Å². The fourth-order valence-electron chi connectivity index (χ4n) is 2.21. The van der Waals surface area contributed by atoms with E-state index < -0.39 is 0 Å². The van der Waals surface area contributed by atoms with Gasteiger partial charge in [-0.2, -0.15) is 0 Å². The summed E-state index contributed by atoms with van der Waals surface area (Å²) in [4.78, 5) is 24.7. The van der Waals surface area contributed by atoms with E-state index in [1.54, 1.807) is 6.07 Å². The summed E-state index contributed by atoms with van der Waals surface area (Å²) >= 11 is 0. The molecule has 102 valence electrons. The lowest BCUT2D eigenvalue weighted by Gasteiger charge is -2.13. The second-order valence-electron chi connectivity index (χ2n) is 4.61. The maximum Gasteiger partial charge on any atom is 0.333 e. The fourth-order valence-corrected chi connectivity index (χ4v) is 2.21. The number of aryl methyl sites for hydroxylation is 1. The molecule has 2 aromatic rings. The summed E-state index contributed by atoms with van der Waals surface area (Å²) in [5.74, 6) is 0. The lowest BCUT2D eigenvalue weighted by molar-refractivity contribution is 0.129. The molecule has 0 unspecified atom stereocenters. The van der Waals surface area contributed by atoms with Gasteiger partial charge in [-0.3, -0.25) is 13.9 Å². The van der Waals surface area contributed by atoms with Crippen molar-refractivity contribution in [2.24, 2.45) is 0 Å². The Bertz CT molecular complexity index is 713. The van der Waals surface area contributed by atoms with E-state index in [2.05, 4.69) is 0 Å². The molecule has 5 heteroatoms. The highest BCUT2D eigenvalue weighted by Crippen LogP contribution is 2.10. The number of aromatic nitrogens is 2. The van der Waals surface area contributed by atoms with Gasteiger partial charge in [0.1, 0.15) is 6.73 Å². The summed E-state index contributed by atoms with van der Waals surface area (Å²) < 4.78 is 7.84. The van der Waals surface area contributed by atoms with Crippen LogP contribution in [0, 0.1) is 6.92 Å². The van der Waals surface area contributed by atoms with Gasteiger partial charge in [0, 0.05) is 13.7 Å². The number of fused-ring (bicyclic) bond motifs is 1. The van der Waals surface area contributed by atoms with Crippen molar-refractivity contribution in [1.82, 2.24) is 9.13 Å². The van der Waals surface area contributed by atoms with Gasteiger partial charge in [0.15, 0.2) is 0 Å². The van der Waals surface area contributed by atoms with E-state index in [1.165, 1.54) is 16.2 Å². The van der Waals surface area contributed by atoms with E-state index in [0.29, 0.717) is 17.4 Å². The summed E-state index contributed by atoms with van der Waals surface area (Å²) in [6.45, 7) is 4.43. The first kappa shape index (κ1) is 13.5. The summed E-state index contributed by atoms with van der Waals surface area (Å²) in [7, 11) is 1.53. The molecule has 0 atom stereocenters. The third-order valence-electron chi connectivity index (χ3n) is 3.09. The molecule has 0 amide bonds. The third kappa shape index (κ3) is 2.33. The highest BCUT2D eigenvalue weighted by molar-refractivity contribution is 5.78. The minimum absolute atomic E-state index is 0.141. The van der Waals surface area contributed by atoms with Gasteiger partial charge in [-0.05, 0) is 25.5 Å². The minimum atomic E-state index is -0.315. The van der Waals surface area contributed by atoms with Gasteiger partial charge < -0.3 is 4.74 Å². The number of ether oxygens (including phenoxy) is 1. The topological polar surface area (TPSA) is 53.2 Å². The quantitative estimate of drug-likeness (QED) is 0.838. The summed E-state index contributed by atoms with van der Waals surface area (Å²) in [5.41, 5.74) is 1.08. The van der Waals surface area contributed by atoms with Crippen molar-refractivity contribution in [2.45, 2.75) is 33.5 Å². The van der Waals surface area contributed by atoms with Crippen molar-refractivity contribution >= 4 is 10.9 Å². The van der Waals surface area contributed by atoms with Gasteiger partial charge in [-0.1, -0.05) is 18.6 Å². The zero-order valence-corrected chi connectivity index (χ0v) is 11.5. The Morgan fingerprint density at radius 3 is 2.58 bits per heavy atom. The molecule has 2 rings (SSSR count). The first-order valence-corrected chi connectivity index (χ1v) is 6.33. The van der Waals surface area contributed by atoms with E-state index in [1.807, 2.05) is 26.0 Å². The van der Waals surface area contributed by atoms with Crippen LogP contribution in [0.2, 0.25) is 0 Å². The maximum atomic E-state index is 12.4. The fraction of sp³-hybridized carbons (Fsp3) is 0.429. The molecule has 0 radical (unpaired) electrons. The largest absolute Gasteiger partial charge is 0.364 e. The van der Waals surface area contributed by atoms with E-state index in [4.69, 9.17) is 4.74 Å². The first-order valence-electron chi connectivity index (χ1n) is 6.33. The van der Waals surface area contributed by atoms with E-state index in [0.717, 1.165) is 12.0 Å². The number of benzene rings is 1. The Morgan fingerprint density at radius 1 is 1.21 bits per heavy atom. The van der Waals surface area contributed by atoms with Gasteiger partial charge in [0.2, 0.25) is 0 Å². The van der Waals surface area contributed by atoms with Crippen LogP contribution < -0.4 is 11.2 Å². The predicted octanol–water partition coefficient (Wildman–Crippen LogP) is 1.49. The summed E-state index contributed by atoms with van der Waals surface area (Å²) in [6, 6.07) is 5.50. The smallest absolute Gasteiger partial charge is 0.333 e. The number of methoxy groups -OCH3 is 1. The summed E-state index contributed by atoms with van der Waals surface area (Å²) in [5, 5.41) is 0.560. The monoisotopic (exact) mass is 262 g/mol. The molecule has 1 aromatic carbocycles. The van der Waals surface area contributed by atoms with Crippen molar-refractivity contribution < 1.29 is 4.74 Å². The molecule has 1 heterocycles. The highest BCUT2D eigenvalue weighted by Gasteiger charge is 2.12. The predicted molar refractivity (Wildman–Crippen MR) is 74.5 cm³/mol. The Kier molecular flexibility index (Phi) is 3.85. The van der Waals surface area contributed by atoms with Gasteiger partial charge in [-0.15, -0.1) is 0 Å². The Morgan fingerprint density at radius 2 is 1.95 bits per heavy atom. The summed E-state index contributed by atoms with van der Waals surface area (Å²) in [6.07, 6.45) is 0.736. The van der Waals surface area contributed by atoms with Crippen LogP contribution in [0.5, 0.6) is 0 Å². The molecule has 0 saturated carbocycles. The molecule has 0 saturated heterocycles. The zero-order chi connectivity index (χ0) is 14.0. The molecule has 0 bridgehead atoms. The molecule has 0 spiro atoms. The van der Waals surface area contributed by atoms with Crippen molar-refractivity contribution in [2.75, 3.05) is 7.11 Å². The molecule has 0 fully saturated rings. The van der Waals surface area contributed by atoms with Crippen molar-refractivity contribution in [3.05, 3.63) is 44.6 Å². The molecule has 5 nitrogen and oxygen atoms in total. The number of hydrogen-bond donors (Lipinski definition) is 0. The Labute approximate surface area is 111 Å². The van der Waals surface area contributed by atoms with Gasteiger partial charge in [-0.25, -0.2) is 4.79 Å². The van der Waals surface area contributed by atoms with Crippen molar-refractivity contribution in [1.29, 1.82) is 0 Å². The second kappa shape index (κ2) is 5.40. The lowest BCUT2D eigenvalue weighted by atomic mass is 10.1. The number of rotatable bonds is 4. The SMILES string of the molecule is CCCn1c(=O)c2cc(C)ccc2n(COC)c1=O. The van der Waals surface area contributed by atoms with Crippen molar-refractivity contribution in [3.8, 4) is 0 Å². The number of hydrogen-bond acceptors (Lipinski definition) is 3. The number of nitrogens with zero attached hydrogens (tertiary/aromatic N) is 2. The average Bonchev–Trinajstić information content (AvgIpc) is 2.40. The van der Waals surface area contributed by atoms with Gasteiger partial charge in [0.25, 0.3) is 5.56 Å². The lowest BCUT2D eigenvalue weighted by Crippen LogP contribution is -2.40. The average molecular weight is 262 g/mol. The van der Waals surface area contributed by atoms with Crippen LogP contribution in [0.4, 0.5) is 0 Å². The normalized spacial score (nSPS) is 11.1. The van der Waals surface area contributed by atoms with Crippen LogP contribution in [0.25, 0.3) is 10.9 Å². The maximum absolute atomic E-state index is 12.4. The van der Waals surface area contributed by atoms with E-state index in [9.17, 15) is 9.59 Å². The van der Waals surface area contributed by atoms with Crippen molar-refractivity contribution in [3.63, 3.8) is 0 Å². The molecule has 0 aliphatic heterocycles. The molecular weight excluding hydrogens is 244 g/mol. The van der Waals surface area contributed by atoms with Gasteiger partial charge >= 0.3 is 5.69 Å². The van der Waals surface area contributed by atoms with Gasteiger partial charge in [0.05, 0.1) is 10.9 Å². The molecule has 0 aliphatic rings. The molecular formula is C14H18N2O3. The van der Waals surface area contributed by atoms with Crippen LogP contribution in [0.1, 0.15) is 18.9 Å². The molecule has 1 aromatic heterocycles. The minimum Gasteiger partial charge on any atom is -0.364 e. The first-order chi connectivity index (χ1) is 9.10. The Balaban J connectivity index is 2.90. The van der Waals surface area contributed by atoms with Crippen LogP contribution in [-0.2, 0) is 18.0 Å². The van der Waals surface area contributed by atoms with Crippen LogP contribution in [0.15, 0.2) is 27.8 Å². The van der Waals surface area contributed by atoms with E-state index in [-0.39, 0.29) is 18.0 Å². The van der Waals surface area contributed by atoms with Crippen LogP contribution in [0.3, 0.4) is 0 Å². The van der Waals surface area contributed by atoms with Crippen LogP contribution >= 0.6 is 0 Å². The Hall–Kier alpha value is -1.88. The highest BCUT2D eigenvalue weighted by atomic mass is 16.5. The van der Waals surface area contributed by atoms with E-state index >= 15 is 0 Å². The molecule has 19 heavy (non-hydrogen) atoms. The third-order valence-corrected chi connectivity index (χ3v) is 3.09. The second-order valence-corrected chi connectivity index (χ2v) is 4.61. The standard InChI is InChI=1S/C14H18N2O3/c1-4-7-15-13(17)11-8-10(2)5-6-12(11)16(9-19-3)14(15)18/h5-6,8H,4,7,9H2,1-3H3.